The number of benzene rings is 1. The van der Waals surface area contributed by atoms with Gasteiger partial charge in [-0.1, -0.05) is 25.5 Å². The molecule has 1 aromatic carbocycles. The molecule has 0 fully saturated rings. The first-order chi connectivity index (χ1) is 8.80. The molecular weight excluding hydrogens is 224 g/mol. The molecule has 3 N–H and O–H groups in total. The van der Waals surface area contributed by atoms with E-state index in [-0.39, 0.29) is 0 Å². The van der Waals surface area contributed by atoms with Gasteiger partial charge in [0.15, 0.2) is 0 Å². The molecule has 1 unspecified atom stereocenters. The zero-order chi connectivity index (χ0) is 13.2. The molecule has 0 spiro atoms. The molecule has 0 aromatic heterocycles. The maximum atomic E-state index is 5.55. The van der Waals surface area contributed by atoms with E-state index in [1.54, 1.807) is 7.11 Å². The van der Waals surface area contributed by atoms with Crippen LogP contribution in [0.25, 0.3) is 0 Å². The third kappa shape index (κ3) is 5.52. The zero-order valence-electron chi connectivity index (χ0n) is 11.6. The molecule has 3 heteroatoms. The first kappa shape index (κ1) is 15.0. The second kappa shape index (κ2) is 8.95. The fraction of sp³-hybridized carbons (Fsp3) is 0.600. The second-order valence-corrected chi connectivity index (χ2v) is 4.67. The molecule has 0 amide bonds. The van der Waals surface area contributed by atoms with Gasteiger partial charge in [-0.3, -0.25) is 0 Å². The summed E-state index contributed by atoms with van der Waals surface area (Å²) in [6.45, 7) is 3.65. The van der Waals surface area contributed by atoms with Gasteiger partial charge in [0, 0.05) is 18.8 Å². The monoisotopic (exact) mass is 250 g/mol. The predicted octanol–water partition coefficient (Wildman–Crippen LogP) is 2.80. The molecule has 0 aliphatic rings. The number of nitrogens with one attached hydrogen (secondary N) is 1. The second-order valence-electron chi connectivity index (χ2n) is 4.67. The minimum absolute atomic E-state index is 0.343. The lowest BCUT2D eigenvalue weighted by molar-refractivity contribution is 0.182. The van der Waals surface area contributed by atoms with Gasteiger partial charge in [0.25, 0.3) is 0 Å². The summed E-state index contributed by atoms with van der Waals surface area (Å²) in [5.74, 6) is 0. The highest BCUT2D eigenvalue weighted by Crippen LogP contribution is 2.13. The molecule has 0 aliphatic carbocycles. The van der Waals surface area contributed by atoms with Crippen LogP contribution in [0.1, 0.15) is 31.7 Å². The van der Waals surface area contributed by atoms with Crippen LogP contribution >= 0.6 is 0 Å². The van der Waals surface area contributed by atoms with Crippen LogP contribution in [0.5, 0.6) is 0 Å². The van der Waals surface area contributed by atoms with E-state index in [0.29, 0.717) is 6.04 Å². The average molecular weight is 250 g/mol. The third-order valence-electron chi connectivity index (χ3n) is 2.99. The van der Waals surface area contributed by atoms with Crippen LogP contribution in [0.4, 0.5) is 5.69 Å². The van der Waals surface area contributed by atoms with Crippen molar-refractivity contribution in [2.45, 2.75) is 38.6 Å². The smallest absolute Gasteiger partial charge is 0.0664 e. The Kier molecular flexibility index (Phi) is 7.46. The summed E-state index contributed by atoms with van der Waals surface area (Å²) in [7, 11) is 1.74. The zero-order valence-corrected chi connectivity index (χ0v) is 11.6. The van der Waals surface area contributed by atoms with E-state index in [1.807, 2.05) is 0 Å². The Labute approximate surface area is 111 Å². The maximum absolute atomic E-state index is 5.55. The number of aryl methyl sites for hydroxylation is 1. The van der Waals surface area contributed by atoms with Gasteiger partial charge >= 0.3 is 0 Å². The summed E-state index contributed by atoms with van der Waals surface area (Å²) >= 11 is 0. The van der Waals surface area contributed by atoms with Crippen LogP contribution in [-0.4, -0.2) is 26.3 Å². The first-order valence-corrected chi connectivity index (χ1v) is 6.84. The summed E-state index contributed by atoms with van der Waals surface area (Å²) < 4.78 is 5.23. The van der Waals surface area contributed by atoms with Crippen molar-refractivity contribution in [3.8, 4) is 0 Å². The SMILES string of the molecule is CCCc1ccc(NC(CCCN)COC)cc1. The normalized spacial score (nSPS) is 12.4. The van der Waals surface area contributed by atoms with E-state index in [4.69, 9.17) is 10.5 Å². The summed E-state index contributed by atoms with van der Waals surface area (Å²) in [4.78, 5) is 0. The fourth-order valence-electron chi connectivity index (χ4n) is 2.05. The highest BCUT2D eigenvalue weighted by Gasteiger charge is 2.07. The maximum Gasteiger partial charge on any atom is 0.0664 e. The van der Waals surface area contributed by atoms with E-state index < -0.39 is 0 Å². The van der Waals surface area contributed by atoms with E-state index in [2.05, 4.69) is 36.5 Å². The average Bonchev–Trinajstić information content (AvgIpc) is 2.39. The summed E-state index contributed by atoms with van der Waals surface area (Å²) in [6, 6.07) is 9.03. The van der Waals surface area contributed by atoms with Gasteiger partial charge in [0.2, 0.25) is 0 Å². The molecule has 0 saturated carbocycles. The Morgan fingerprint density at radius 1 is 1.28 bits per heavy atom. The van der Waals surface area contributed by atoms with Gasteiger partial charge in [-0.05, 0) is 43.5 Å². The molecule has 0 bridgehead atoms. The Morgan fingerprint density at radius 3 is 2.56 bits per heavy atom. The van der Waals surface area contributed by atoms with Crippen molar-refractivity contribution in [1.29, 1.82) is 0 Å². The highest BCUT2D eigenvalue weighted by atomic mass is 16.5. The van der Waals surface area contributed by atoms with Gasteiger partial charge in [-0.2, -0.15) is 0 Å². The van der Waals surface area contributed by atoms with E-state index >= 15 is 0 Å². The molecule has 1 aromatic rings. The largest absolute Gasteiger partial charge is 0.383 e. The van der Waals surface area contributed by atoms with Crippen molar-refractivity contribution in [1.82, 2.24) is 0 Å². The van der Waals surface area contributed by atoms with E-state index in [1.165, 1.54) is 12.0 Å². The lowest BCUT2D eigenvalue weighted by atomic mass is 10.1. The number of hydrogen-bond acceptors (Lipinski definition) is 3. The molecule has 0 saturated heterocycles. The highest BCUT2D eigenvalue weighted by molar-refractivity contribution is 5.45. The molecular formula is C15H26N2O. The van der Waals surface area contributed by atoms with Gasteiger partial charge in [0.05, 0.1) is 6.61 Å². The Balaban J connectivity index is 2.51. The minimum Gasteiger partial charge on any atom is -0.383 e. The van der Waals surface area contributed by atoms with E-state index in [0.717, 1.165) is 38.1 Å². The van der Waals surface area contributed by atoms with Crippen LogP contribution in [0.3, 0.4) is 0 Å². The molecule has 102 valence electrons. The molecule has 0 heterocycles. The summed E-state index contributed by atoms with van der Waals surface area (Å²) in [6.07, 6.45) is 4.40. The molecule has 18 heavy (non-hydrogen) atoms. The van der Waals surface area contributed by atoms with Crippen LogP contribution in [-0.2, 0) is 11.2 Å². The third-order valence-corrected chi connectivity index (χ3v) is 2.99. The van der Waals surface area contributed by atoms with Gasteiger partial charge in [0.1, 0.15) is 0 Å². The lowest BCUT2D eigenvalue weighted by Crippen LogP contribution is -2.25. The standard InChI is InChI=1S/C15H26N2O/c1-3-5-13-7-9-14(10-8-13)17-15(12-18-2)6-4-11-16/h7-10,15,17H,3-6,11-12,16H2,1-2H3. The molecule has 1 rings (SSSR count). The Morgan fingerprint density at radius 2 is 2.00 bits per heavy atom. The van der Waals surface area contributed by atoms with Crippen molar-refractivity contribution in [2.24, 2.45) is 5.73 Å². The van der Waals surface area contributed by atoms with Crippen molar-refractivity contribution in [2.75, 3.05) is 25.6 Å². The summed E-state index contributed by atoms with van der Waals surface area (Å²) in [5.41, 5.74) is 8.11. The Bertz CT molecular complexity index is 311. The number of anilines is 1. The van der Waals surface area contributed by atoms with E-state index in [9.17, 15) is 0 Å². The van der Waals surface area contributed by atoms with Crippen molar-refractivity contribution < 1.29 is 4.74 Å². The van der Waals surface area contributed by atoms with Gasteiger partial charge in [-0.25, -0.2) is 0 Å². The number of ether oxygens (including phenoxy) is 1. The van der Waals surface area contributed by atoms with Crippen LogP contribution in [0.2, 0.25) is 0 Å². The minimum atomic E-state index is 0.343. The number of hydrogen-bond donors (Lipinski definition) is 2. The quantitative estimate of drug-likeness (QED) is 0.708. The van der Waals surface area contributed by atoms with Gasteiger partial charge in [-0.15, -0.1) is 0 Å². The number of rotatable bonds is 9. The lowest BCUT2D eigenvalue weighted by Gasteiger charge is -2.19. The fourth-order valence-corrected chi connectivity index (χ4v) is 2.05. The molecule has 0 radical (unpaired) electrons. The molecule has 1 atom stereocenters. The first-order valence-electron chi connectivity index (χ1n) is 6.84. The molecule has 0 aliphatic heterocycles. The number of methoxy groups -OCH3 is 1. The Hall–Kier alpha value is -1.06. The van der Waals surface area contributed by atoms with Gasteiger partial charge < -0.3 is 15.8 Å². The molecule has 3 nitrogen and oxygen atoms in total. The van der Waals surface area contributed by atoms with Crippen molar-refractivity contribution >= 4 is 5.69 Å². The predicted molar refractivity (Wildman–Crippen MR) is 78.0 cm³/mol. The van der Waals surface area contributed by atoms with Crippen molar-refractivity contribution in [3.05, 3.63) is 29.8 Å². The summed E-state index contributed by atoms with van der Waals surface area (Å²) in [5, 5.41) is 3.50. The van der Waals surface area contributed by atoms with Crippen LogP contribution < -0.4 is 11.1 Å². The topological polar surface area (TPSA) is 47.3 Å². The van der Waals surface area contributed by atoms with Crippen molar-refractivity contribution in [3.63, 3.8) is 0 Å². The van der Waals surface area contributed by atoms with Crippen LogP contribution in [0.15, 0.2) is 24.3 Å². The van der Waals surface area contributed by atoms with Crippen LogP contribution in [0, 0.1) is 0 Å². The number of nitrogens with two attached hydrogens (primary N) is 1.